The molecule has 1 saturated carbocycles. The lowest BCUT2D eigenvalue weighted by Gasteiger charge is -2.27. The van der Waals surface area contributed by atoms with Crippen molar-refractivity contribution in [3.8, 4) is 0 Å². The van der Waals surface area contributed by atoms with Crippen molar-refractivity contribution in [1.29, 1.82) is 0 Å². The Morgan fingerprint density at radius 3 is 2.32 bits per heavy atom. The fraction of sp³-hybridized carbons (Fsp3) is 0.905. The summed E-state index contributed by atoms with van der Waals surface area (Å²) in [5, 5.41) is 3.44. The summed E-state index contributed by atoms with van der Waals surface area (Å²) in [5.74, 6) is 0.757. The minimum Gasteiger partial charge on any atom is -0.459 e. The summed E-state index contributed by atoms with van der Waals surface area (Å²) < 4.78 is 5.60. The summed E-state index contributed by atoms with van der Waals surface area (Å²) in [6.45, 7) is 8.78. The van der Waals surface area contributed by atoms with Crippen LogP contribution in [0.5, 0.6) is 0 Å². The lowest BCUT2D eigenvalue weighted by molar-refractivity contribution is -0.157. The summed E-state index contributed by atoms with van der Waals surface area (Å²) in [6.07, 6.45) is 11.5. The van der Waals surface area contributed by atoms with Gasteiger partial charge in [-0.15, -0.1) is 0 Å². The van der Waals surface area contributed by atoms with E-state index in [1.165, 1.54) is 32.1 Å². The number of nitrogens with one attached hydrogen (secondary N) is 1. The molecule has 1 aliphatic carbocycles. The topological polar surface area (TPSA) is 55.4 Å². The Balaban J connectivity index is 2.40. The van der Waals surface area contributed by atoms with Crippen LogP contribution >= 0.6 is 0 Å². The highest BCUT2D eigenvalue weighted by Gasteiger charge is 2.26. The molecule has 1 aliphatic rings. The van der Waals surface area contributed by atoms with E-state index in [1.54, 1.807) is 0 Å². The van der Waals surface area contributed by atoms with Crippen molar-refractivity contribution in [2.45, 2.75) is 110 Å². The van der Waals surface area contributed by atoms with E-state index in [9.17, 15) is 9.59 Å². The first kappa shape index (κ1) is 22.1. The van der Waals surface area contributed by atoms with E-state index in [4.69, 9.17) is 4.74 Å². The van der Waals surface area contributed by atoms with Crippen LogP contribution < -0.4 is 5.32 Å². The smallest absolute Gasteiger partial charge is 0.323 e. The molecule has 0 heterocycles. The zero-order valence-electron chi connectivity index (χ0n) is 16.9. The van der Waals surface area contributed by atoms with Crippen LogP contribution in [-0.4, -0.2) is 29.9 Å². The fourth-order valence-electron chi connectivity index (χ4n) is 3.32. The van der Waals surface area contributed by atoms with Crippen molar-refractivity contribution < 1.29 is 14.3 Å². The standard InChI is InChI=1S/C21H39NO3/c1-5-6-7-8-9-10-11-19(20(24)25-21(2,3)4)22-16-17-12-14-18(23)15-13-17/h17,19,22H,5-16H2,1-4H3. The van der Waals surface area contributed by atoms with Crippen LogP contribution in [-0.2, 0) is 14.3 Å². The molecule has 0 aromatic rings. The number of carbonyl (C=O) groups is 2. The molecule has 0 bridgehead atoms. The number of carbonyl (C=O) groups excluding carboxylic acids is 2. The average Bonchev–Trinajstić information content (AvgIpc) is 2.53. The van der Waals surface area contributed by atoms with E-state index in [-0.39, 0.29) is 12.0 Å². The normalized spacial score (nSPS) is 17.5. The van der Waals surface area contributed by atoms with Crippen LogP contribution in [0.4, 0.5) is 0 Å². The van der Waals surface area contributed by atoms with Gasteiger partial charge in [-0.1, -0.05) is 45.4 Å². The first-order valence-electron chi connectivity index (χ1n) is 10.3. The maximum Gasteiger partial charge on any atom is 0.323 e. The van der Waals surface area contributed by atoms with Gasteiger partial charge in [0.05, 0.1) is 0 Å². The zero-order chi connectivity index (χ0) is 18.7. The molecule has 0 saturated heterocycles. The number of ether oxygens (including phenoxy) is 1. The summed E-state index contributed by atoms with van der Waals surface area (Å²) in [4.78, 5) is 23.9. The van der Waals surface area contributed by atoms with Crippen molar-refractivity contribution in [3.63, 3.8) is 0 Å². The van der Waals surface area contributed by atoms with Gasteiger partial charge in [0, 0.05) is 12.8 Å². The summed E-state index contributed by atoms with van der Waals surface area (Å²) >= 11 is 0. The first-order valence-corrected chi connectivity index (χ1v) is 10.3. The van der Waals surface area contributed by atoms with E-state index in [0.29, 0.717) is 24.5 Å². The van der Waals surface area contributed by atoms with Gasteiger partial charge in [0.25, 0.3) is 0 Å². The van der Waals surface area contributed by atoms with Crippen molar-refractivity contribution in [2.24, 2.45) is 5.92 Å². The molecule has 1 rings (SSSR count). The second-order valence-corrected chi connectivity index (χ2v) is 8.53. The lowest BCUT2D eigenvalue weighted by Crippen LogP contribution is -2.43. The van der Waals surface area contributed by atoms with Gasteiger partial charge in [0.1, 0.15) is 17.4 Å². The average molecular weight is 354 g/mol. The third-order valence-corrected chi connectivity index (χ3v) is 4.85. The third kappa shape index (κ3) is 10.6. The first-order chi connectivity index (χ1) is 11.8. The van der Waals surface area contributed by atoms with Crippen LogP contribution in [0, 0.1) is 5.92 Å². The van der Waals surface area contributed by atoms with Gasteiger partial charge in [0.15, 0.2) is 0 Å². The van der Waals surface area contributed by atoms with Gasteiger partial charge in [-0.2, -0.15) is 0 Å². The quantitative estimate of drug-likeness (QED) is 0.428. The van der Waals surface area contributed by atoms with Gasteiger partial charge >= 0.3 is 5.97 Å². The van der Waals surface area contributed by atoms with Crippen LogP contribution in [0.15, 0.2) is 0 Å². The molecule has 0 spiro atoms. The Labute approximate surface area is 154 Å². The van der Waals surface area contributed by atoms with Crippen molar-refractivity contribution >= 4 is 11.8 Å². The van der Waals surface area contributed by atoms with Crippen LogP contribution in [0.1, 0.15) is 98.3 Å². The number of rotatable bonds is 11. The predicted molar refractivity (Wildman–Crippen MR) is 103 cm³/mol. The molecule has 0 radical (unpaired) electrons. The number of ketones is 1. The maximum absolute atomic E-state index is 12.5. The molecule has 146 valence electrons. The monoisotopic (exact) mass is 353 g/mol. The molecule has 0 aromatic heterocycles. The summed E-state index contributed by atoms with van der Waals surface area (Å²) in [5.41, 5.74) is -0.449. The highest BCUT2D eigenvalue weighted by Crippen LogP contribution is 2.21. The largest absolute Gasteiger partial charge is 0.459 e. The molecule has 4 heteroatoms. The SMILES string of the molecule is CCCCCCCCC(NCC1CCC(=O)CC1)C(=O)OC(C)(C)C. The number of hydrogen-bond donors (Lipinski definition) is 1. The van der Waals surface area contributed by atoms with Gasteiger partial charge < -0.3 is 10.1 Å². The molecule has 25 heavy (non-hydrogen) atoms. The minimum absolute atomic E-state index is 0.132. The molecule has 1 atom stereocenters. The van der Waals surface area contributed by atoms with Crippen LogP contribution in [0.2, 0.25) is 0 Å². The highest BCUT2D eigenvalue weighted by atomic mass is 16.6. The second kappa shape index (κ2) is 11.7. The molecule has 1 unspecified atom stereocenters. The molecular formula is C21H39NO3. The van der Waals surface area contributed by atoms with E-state index < -0.39 is 5.60 Å². The molecule has 0 aromatic carbocycles. The summed E-state index contributed by atoms with van der Waals surface area (Å²) in [6, 6.07) is -0.219. The van der Waals surface area contributed by atoms with Gasteiger partial charge in [-0.25, -0.2) is 0 Å². The van der Waals surface area contributed by atoms with Gasteiger partial charge in [-0.3, -0.25) is 9.59 Å². The lowest BCUT2D eigenvalue weighted by atomic mass is 9.88. The predicted octanol–water partition coefficient (Wildman–Crippen LogP) is 4.80. The van der Waals surface area contributed by atoms with E-state index in [2.05, 4.69) is 12.2 Å². The molecule has 0 amide bonds. The highest BCUT2D eigenvalue weighted by molar-refractivity contribution is 5.79. The molecule has 4 nitrogen and oxygen atoms in total. The Hall–Kier alpha value is -0.900. The minimum atomic E-state index is -0.449. The molecule has 1 N–H and O–H groups in total. The van der Waals surface area contributed by atoms with Crippen molar-refractivity contribution in [1.82, 2.24) is 5.32 Å². The summed E-state index contributed by atoms with van der Waals surface area (Å²) in [7, 11) is 0. The second-order valence-electron chi connectivity index (χ2n) is 8.53. The van der Waals surface area contributed by atoms with E-state index in [1.807, 2.05) is 20.8 Å². The molecule has 0 aliphatic heterocycles. The molecule has 1 fully saturated rings. The Bertz CT molecular complexity index is 390. The number of unbranched alkanes of at least 4 members (excludes halogenated alkanes) is 5. The van der Waals surface area contributed by atoms with Crippen LogP contribution in [0.25, 0.3) is 0 Å². The van der Waals surface area contributed by atoms with E-state index >= 15 is 0 Å². The number of Topliss-reactive ketones (excluding diaryl/α,β-unsaturated/α-hetero) is 1. The van der Waals surface area contributed by atoms with Crippen molar-refractivity contribution in [2.75, 3.05) is 6.54 Å². The Morgan fingerprint density at radius 1 is 1.12 bits per heavy atom. The third-order valence-electron chi connectivity index (χ3n) is 4.85. The fourth-order valence-corrected chi connectivity index (χ4v) is 3.32. The van der Waals surface area contributed by atoms with Crippen LogP contribution in [0.3, 0.4) is 0 Å². The zero-order valence-corrected chi connectivity index (χ0v) is 16.9. The van der Waals surface area contributed by atoms with Crippen molar-refractivity contribution in [3.05, 3.63) is 0 Å². The Morgan fingerprint density at radius 2 is 1.72 bits per heavy atom. The number of hydrogen-bond acceptors (Lipinski definition) is 4. The van der Waals surface area contributed by atoms with E-state index in [0.717, 1.165) is 32.2 Å². The molecular weight excluding hydrogens is 314 g/mol. The Kier molecular flexibility index (Phi) is 10.3. The number of esters is 1. The van der Waals surface area contributed by atoms with Gasteiger partial charge in [-0.05, 0) is 52.5 Å². The maximum atomic E-state index is 12.5. The van der Waals surface area contributed by atoms with Gasteiger partial charge in [0.2, 0.25) is 0 Å².